The molecule has 2 N–H and O–H groups in total. The van der Waals surface area contributed by atoms with Crippen LogP contribution in [0.1, 0.15) is 0 Å². The average molecular weight is 343 g/mol. The number of hydrogen-bond acceptors (Lipinski definition) is 4. The van der Waals surface area contributed by atoms with E-state index in [9.17, 15) is 9.59 Å². The Morgan fingerprint density at radius 1 is 1.04 bits per heavy atom. The summed E-state index contributed by atoms with van der Waals surface area (Å²) in [6.07, 6.45) is 1.90. The second-order valence-electron chi connectivity index (χ2n) is 6.72. The van der Waals surface area contributed by atoms with E-state index in [-0.39, 0.29) is 11.8 Å². The lowest BCUT2D eigenvalue weighted by atomic mass is 10.2. The van der Waals surface area contributed by atoms with E-state index >= 15 is 0 Å². The van der Waals surface area contributed by atoms with Crippen molar-refractivity contribution >= 4 is 28.4 Å². The van der Waals surface area contributed by atoms with Gasteiger partial charge in [-0.3, -0.25) is 9.59 Å². The van der Waals surface area contributed by atoms with Gasteiger partial charge in [0.1, 0.15) is 6.54 Å². The molecule has 7 heteroatoms. The van der Waals surface area contributed by atoms with E-state index in [1.807, 2.05) is 63.8 Å². The van der Waals surface area contributed by atoms with Gasteiger partial charge >= 0.3 is 0 Å². The molecule has 0 radical (unpaired) electrons. The van der Waals surface area contributed by atoms with Gasteiger partial charge in [0, 0.05) is 43.4 Å². The van der Waals surface area contributed by atoms with Gasteiger partial charge < -0.3 is 25.0 Å². The van der Waals surface area contributed by atoms with E-state index in [2.05, 4.69) is 0 Å². The SMILES string of the molecule is CN(C)CC(=O)N1CCN(C(=O)Cn2ccc3c(N)cccc32)CC1. The first kappa shape index (κ1) is 17.3. The van der Waals surface area contributed by atoms with Crippen molar-refractivity contribution in [1.82, 2.24) is 19.3 Å². The molecule has 0 atom stereocenters. The van der Waals surface area contributed by atoms with Crippen molar-refractivity contribution in [2.24, 2.45) is 0 Å². The van der Waals surface area contributed by atoms with Gasteiger partial charge in [-0.2, -0.15) is 0 Å². The molecule has 1 aliphatic rings. The number of likely N-dealkylation sites (N-methyl/N-ethyl adjacent to an activating group) is 1. The highest BCUT2D eigenvalue weighted by Crippen LogP contribution is 2.22. The maximum absolute atomic E-state index is 12.6. The molecule has 0 bridgehead atoms. The number of nitrogens with two attached hydrogens (primary N) is 1. The molecule has 1 aliphatic heterocycles. The number of aromatic nitrogens is 1. The Balaban J connectivity index is 1.59. The minimum Gasteiger partial charge on any atom is -0.398 e. The highest BCUT2D eigenvalue weighted by molar-refractivity contribution is 5.92. The fourth-order valence-electron chi connectivity index (χ4n) is 3.21. The van der Waals surface area contributed by atoms with Crippen molar-refractivity contribution in [1.29, 1.82) is 0 Å². The summed E-state index contributed by atoms with van der Waals surface area (Å²) in [6, 6.07) is 7.67. The molecule has 1 fully saturated rings. The minimum absolute atomic E-state index is 0.0691. The van der Waals surface area contributed by atoms with Crippen LogP contribution in [0.2, 0.25) is 0 Å². The normalized spacial score (nSPS) is 15.2. The second kappa shape index (κ2) is 7.14. The molecular formula is C18H25N5O2. The van der Waals surface area contributed by atoms with Crippen LogP contribution in [0.15, 0.2) is 30.5 Å². The Morgan fingerprint density at radius 2 is 1.68 bits per heavy atom. The first-order valence-electron chi connectivity index (χ1n) is 8.49. The fraction of sp³-hybridized carbons (Fsp3) is 0.444. The summed E-state index contributed by atoms with van der Waals surface area (Å²) in [5.41, 5.74) is 7.66. The highest BCUT2D eigenvalue weighted by Gasteiger charge is 2.24. The van der Waals surface area contributed by atoms with Gasteiger partial charge in [0.05, 0.1) is 12.1 Å². The van der Waals surface area contributed by atoms with Gasteiger partial charge in [-0.25, -0.2) is 0 Å². The smallest absolute Gasteiger partial charge is 0.242 e. The van der Waals surface area contributed by atoms with E-state index < -0.39 is 0 Å². The van der Waals surface area contributed by atoms with Crippen LogP contribution in [0.5, 0.6) is 0 Å². The Bertz CT molecular complexity index is 775. The van der Waals surface area contributed by atoms with Crippen LogP contribution in [0.25, 0.3) is 10.9 Å². The minimum atomic E-state index is 0.0691. The van der Waals surface area contributed by atoms with Crippen LogP contribution < -0.4 is 5.73 Å². The summed E-state index contributed by atoms with van der Waals surface area (Å²) in [7, 11) is 3.76. The molecule has 0 spiro atoms. The first-order chi connectivity index (χ1) is 12.0. The lowest BCUT2D eigenvalue weighted by molar-refractivity contribution is -0.140. The van der Waals surface area contributed by atoms with Crippen molar-refractivity contribution in [3.05, 3.63) is 30.5 Å². The van der Waals surface area contributed by atoms with Gasteiger partial charge in [0.2, 0.25) is 11.8 Å². The third kappa shape index (κ3) is 3.76. The lowest BCUT2D eigenvalue weighted by Crippen LogP contribution is -2.52. The van der Waals surface area contributed by atoms with Crippen molar-refractivity contribution in [3.63, 3.8) is 0 Å². The van der Waals surface area contributed by atoms with Gasteiger partial charge in [0.25, 0.3) is 0 Å². The fourth-order valence-corrected chi connectivity index (χ4v) is 3.21. The predicted octanol–water partition coefficient (Wildman–Crippen LogP) is 0.456. The second-order valence-corrected chi connectivity index (χ2v) is 6.72. The molecule has 0 aliphatic carbocycles. The number of amides is 2. The van der Waals surface area contributed by atoms with Crippen LogP contribution in [0.3, 0.4) is 0 Å². The van der Waals surface area contributed by atoms with Crippen molar-refractivity contribution in [3.8, 4) is 0 Å². The van der Waals surface area contributed by atoms with Gasteiger partial charge in [0.15, 0.2) is 0 Å². The van der Waals surface area contributed by atoms with E-state index in [1.54, 1.807) is 0 Å². The standard InChI is InChI=1S/C18H25N5O2/c1-20(2)12-17(24)21-8-10-22(11-9-21)18(25)13-23-7-6-14-15(19)4-3-5-16(14)23/h3-7H,8-13,19H2,1-2H3. The van der Waals surface area contributed by atoms with Crippen molar-refractivity contribution in [2.45, 2.75) is 6.54 Å². The maximum Gasteiger partial charge on any atom is 0.242 e. The molecule has 0 unspecified atom stereocenters. The number of fused-ring (bicyclic) bond motifs is 1. The van der Waals surface area contributed by atoms with Crippen LogP contribution in [0.4, 0.5) is 5.69 Å². The van der Waals surface area contributed by atoms with Crippen molar-refractivity contribution in [2.75, 3.05) is 52.6 Å². The van der Waals surface area contributed by atoms with Crippen LogP contribution in [-0.4, -0.2) is 77.9 Å². The quantitative estimate of drug-likeness (QED) is 0.818. The Hall–Kier alpha value is -2.54. The number of benzene rings is 1. The molecule has 2 aromatic rings. The first-order valence-corrected chi connectivity index (χ1v) is 8.49. The van der Waals surface area contributed by atoms with Gasteiger partial charge in [-0.05, 0) is 32.3 Å². The molecule has 1 aromatic heterocycles. The summed E-state index contributed by atoms with van der Waals surface area (Å²) in [6.45, 7) is 3.05. The largest absolute Gasteiger partial charge is 0.398 e. The predicted molar refractivity (Wildman–Crippen MR) is 98.1 cm³/mol. The molecule has 134 valence electrons. The molecule has 1 aromatic carbocycles. The third-order valence-electron chi connectivity index (χ3n) is 4.59. The summed E-state index contributed by atoms with van der Waals surface area (Å²) >= 11 is 0. The number of nitrogen functional groups attached to an aromatic ring is 1. The number of carbonyl (C=O) groups is 2. The zero-order valence-electron chi connectivity index (χ0n) is 14.8. The molecule has 0 saturated carbocycles. The summed E-state index contributed by atoms with van der Waals surface area (Å²) < 4.78 is 1.93. The number of nitrogens with zero attached hydrogens (tertiary/aromatic N) is 4. The van der Waals surface area contributed by atoms with Crippen LogP contribution in [0, 0.1) is 0 Å². The summed E-state index contributed by atoms with van der Waals surface area (Å²) in [4.78, 5) is 30.2. The number of anilines is 1. The average Bonchev–Trinajstić information content (AvgIpc) is 2.99. The third-order valence-corrected chi connectivity index (χ3v) is 4.59. The van der Waals surface area contributed by atoms with Crippen LogP contribution in [-0.2, 0) is 16.1 Å². The molecule has 1 saturated heterocycles. The molecule has 2 amide bonds. The van der Waals surface area contributed by atoms with Gasteiger partial charge in [-0.15, -0.1) is 0 Å². The van der Waals surface area contributed by atoms with E-state index in [0.29, 0.717) is 39.3 Å². The lowest BCUT2D eigenvalue weighted by Gasteiger charge is -2.35. The Kier molecular flexibility index (Phi) is 4.94. The number of hydrogen-bond donors (Lipinski definition) is 1. The highest BCUT2D eigenvalue weighted by atomic mass is 16.2. The topological polar surface area (TPSA) is 74.8 Å². The van der Waals surface area contributed by atoms with Crippen LogP contribution >= 0.6 is 0 Å². The zero-order valence-corrected chi connectivity index (χ0v) is 14.8. The summed E-state index contributed by atoms with van der Waals surface area (Å²) in [5, 5.41) is 0.967. The molecule has 25 heavy (non-hydrogen) atoms. The zero-order chi connectivity index (χ0) is 18.0. The molecular weight excluding hydrogens is 318 g/mol. The monoisotopic (exact) mass is 343 g/mol. The molecule has 2 heterocycles. The number of carbonyl (C=O) groups excluding carboxylic acids is 2. The summed E-state index contributed by atoms with van der Waals surface area (Å²) in [5.74, 6) is 0.184. The Labute approximate surface area is 147 Å². The molecule has 7 nitrogen and oxygen atoms in total. The number of piperazine rings is 1. The van der Waals surface area contributed by atoms with Crippen molar-refractivity contribution < 1.29 is 9.59 Å². The van der Waals surface area contributed by atoms with E-state index in [4.69, 9.17) is 5.73 Å². The number of rotatable bonds is 4. The van der Waals surface area contributed by atoms with Gasteiger partial charge in [-0.1, -0.05) is 6.07 Å². The Morgan fingerprint density at radius 3 is 2.32 bits per heavy atom. The maximum atomic E-state index is 12.6. The van der Waals surface area contributed by atoms with E-state index in [0.717, 1.165) is 16.6 Å². The molecule has 3 rings (SSSR count). The van der Waals surface area contributed by atoms with E-state index in [1.165, 1.54) is 0 Å².